The van der Waals surface area contributed by atoms with Crippen molar-refractivity contribution in [1.82, 2.24) is 0 Å². The molecule has 0 fully saturated rings. The van der Waals surface area contributed by atoms with Gasteiger partial charge in [0.15, 0.2) is 0 Å². The van der Waals surface area contributed by atoms with E-state index in [-0.39, 0.29) is 0 Å². The quantitative estimate of drug-likeness (QED) is 0.635. The second-order valence-electron chi connectivity index (χ2n) is 3.01. The van der Waals surface area contributed by atoms with Crippen molar-refractivity contribution in [2.75, 3.05) is 12.3 Å². The van der Waals surface area contributed by atoms with Crippen LogP contribution in [0.5, 0.6) is 5.75 Å². The van der Waals surface area contributed by atoms with Gasteiger partial charge >= 0.3 is 0 Å². The molecular formula is C10H13Cl2NO. The summed E-state index contributed by atoms with van der Waals surface area (Å²) in [6.07, 6.45) is 2.08. The Hall–Kier alpha value is -0.600. The maximum atomic E-state index is 5.92. The predicted octanol–water partition coefficient (Wildman–Crippen LogP) is 3.75. The molecule has 0 saturated carbocycles. The van der Waals surface area contributed by atoms with E-state index in [1.54, 1.807) is 12.1 Å². The largest absolute Gasteiger partial charge is 0.492 e. The van der Waals surface area contributed by atoms with Crippen LogP contribution in [0, 0.1) is 0 Å². The van der Waals surface area contributed by atoms with Gasteiger partial charge in [-0.3, -0.25) is 0 Å². The van der Waals surface area contributed by atoms with Crippen molar-refractivity contribution in [1.29, 1.82) is 0 Å². The van der Waals surface area contributed by atoms with Gasteiger partial charge in [-0.2, -0.15) is 0 Å². The van der Waals surface area contributed by atoms with E-state index in [1.807, 2.05) is 0 Å². The molecule has 0 atom stereocenters. The SMILES string of the molecule is CCCCOc1cc(Cl)c(N)cc1Cl. The molecule has 0 bridgehead atoms. The van der Waals surface area contributed by atoms with E-state index in [9.17, 15) is 0 Å². The van der Waals surface area contributed by atoms with Gasteiger partial charge in [-0.15, -0.1) is 0 Å². The van der Waals surface area contributed by atoms with Crippen molar-refractivity contribution in [2.45, 2.75) is 19.8 Å². The Balaban J connectivity index is 2.72. The summed E-state index contributed by atoms with van der Waals surface area (Å²) in [5, 5.41) is 0.976. The van der Waals surface area contributed by atoms with E-state index >= 15 is 0 Å². The zero-order chi connectivity index (χ0) is 10.6. The Morgan fingerprint density at radius 1 is 1.29 bits per heavy atom. The number of hydrogen-bond donors (Lipinski definition) is 1. The zero-order valence-electron chi connectivity index (χ0n) is 8.02. The topological polar surface area (TPSA) is 35.2 Å². The molecule has 0 aliphatic heterocycles. The Bertz CT molecular complexity index is 315. The number of hydrogen-bond acceptors (Lipinski definition) is 2. The van der Waals surface area contributed by atoms with E-state index in [2.05, 4.69) is 6.92 Å². The van der Waals surface area contributed by atoms with Crippen LogP contribution in [0.25, 0.3) is 0 Å². The van der Waals surface area contributed by atoms with Crippen LogP contribution in [0.3, 0.4) is 0 Å². The molecule has 0 aliphatic carbocycles. The summed E-state index contributed by atoms with van der Waals surface area (Å²) in [7, 11) is 0. The van der Waals surface area contributed by atoms with Crippen LogP contribution in [0.4, 0.5) is 5.69 Å². The highest BCUT2D eigenvalue weighted by molar-refractivity contribution is 6.36. The molecule has 2 nitrogen and oxygen atoms in total. The molecule has 0 radical (unpaired) electrons. The van der Waals surface area contributed by atoms with Crippen LogP contribution < -0.4 is 10.5 Å². The van der Waals surface area contributed by atoms with Gasteiger partial charge in [0, 0.05) is 6.07 Å². The van der Waals surface area contributed by atoms with Crippen molar-refractivity contribution >= 4 is 28.9 Å². The molecule has 0 saturated heterocycles. The lowest BCUT2D eigenvalue weighted by molar-refractivity contribution is 0.309. The lowest BCUT2D eigenvalue weighted by Crippen LogP contribution is -1.98. The number of benzene rings is 1. The number of halogens is 2. The molecule has 0 aliphatic rings. The normalized spacial score (nSPS) is 10.2. The van der Waals surface area contributed by atoms with E-state index < -0.39 is 0 Å². The van der Waals surface area contributed by atoms with Gasteiger partial charge in [0.05, 0.1) is 22.3 Å². The van der Waals surface area contributed by atoms with Gasteiger partial charge in [-0.25, -0.2) is 0 Å². The van der Waals surface area contributed by atoms with E-state index in [0.29, 0.717) is 28.1 Å². The Morgan fingerprint density at radius 3 is 2.64 bits per heavy atom. The highest BCUT2D eigenvalue weighted by Crippen LogP contribution is 2.32. The molecule has 78 valence electrons. The lowest BCUT2D eigenvalue weighted by Gasteiger charge is -2.08. The van der Waals surface area contributed by atoms with Crippen molar-refractivity contribution < 1.29 is 4.74 Å². The summed E-state index contributed by atoms with van der Waals surface area (Å²) >= 11 is 11.8. The fourth-order valence-electron chi connectivity index (χ4n) is 0.981. The third-order valence-electron chi connectivity index (χ3n) is 1.81. The van der Waals surface area contributed by atoms with Crippen LogP contribution >= 0.6 is 23.2 Å². The van der Waals surface area contributed by atoms with E-state index in [1.165, 1.54) is 0 Å². The molecule has 2 N–H and O–H groups in total. The summed E-state index contributed by atoms with van der Waals surface area (Å²) in [6.45, 7) is 2.75. The van der Waals surface area contributed by atoms with Gasteiger partial charge in [0.2, 0.25) is 0 Å². The van der Waals surface area contributed by atoms with Gasteiger partial charge in [0.1, 0.15) is 5.75 Å². The second-order valence-corrected chi connectivity index (χ2v) is 3.82. The minimum atomic E-state index is 0.472. The Labute approximate surface area is 94.0 Å². The number of anilines is 1. The van der Waals surface area contributed by atoms with Gasteiger partial charge < -0.3 is 10.5 Å². The Morgan fingerprint density at radius 2 is 2.00 bits per heavy atom. The number of rotatable bonds is 4. The molecule has 14 heavy (non-hydrogen) atoms. The van der Waals surface area contributed by atoms with Crippen molar-refractivity contribution in [3.8, 4) is 5.75 Å². The second kappa shape index (κ2) is 5.32. The highest BCUT2D eigenvalue weighted by Gasteiger charge is 2.05. The monoisotopic (exact) mass is 233 g/mol. The van der Waals surface area contributed by atoms with Crippen molar-refractivity contribution in [3.05, 3.63) is 22.2 Å². The average Bonchev–Trinajstić information content (AvgIpc) is 2.14. The van der Waals surface area contributed by atoms with E-state index in [4.69, 9.17) is 33.7 Å². The minimum Gasteiger partial charge on any atom is -0.492 e. The molecule has 0 heterocycles. The van der Waals surface area contributed by atoms with Gasteiger partial charge in [-0.05, 0) is 12.5 Å². The summed E-state index contributed by atoms with van der Waals surface area (Å²) in [6, 6.07) is 3.25. The van der Waals surface area contributed by atoms with Gasteiger partial charge in [-0.1, -0.05) is 36.5 Å². The number of nitrogen functional groups attached to an aromatic ring is 1. The zero-order valence-corrected chi connectivity index (χ0v) is 9.53. The molecule has 1 rings (SSSR count). The molecule has 0 aromatic heterocycles. The van der Waals surface area contributed by atoms with Crippen LogP contribution in [-0.2, 0) is 0 Å². The molecule has 0 unspecified atom stereocenters. The summed E-state index contributed by atoms with van der Waals surface area (Å²) in [4.78, 5) is 0. The standard InChI is InChI=1S/C10H13Cl2NO/c1-2-3-4-14-10-6-7(11)9(13)5-8(10)12/h5-6H,2-4,13H2,1H3. The van der Waals surface area contributed by atoms with Crippen LogP contribution in [0.15, 0.2) is 12.1 Å². The molecular weight excluding hydrogens is 221 g/mol. The van der Waals surface area contributed by atoms with Crippen LogP contribution in [-0.4, -0.2) is 6.61 Å². The third-order valence-corrected chi connectivity index (χ3v) is 2.43. The summed E-state index contributed by atoms with van der Waals surface area (Å²) < 4.78 is 5.44. The molecule has 1 aromatic carbocycles. The van der Waals surface area contributed by atoms with Crippen LogP contribution in [0.1, 0.15) is 19.8 Å². The first-order valence-corrected chi connectivity index (χ1v) is 5.28. The van der Waals surface area contributed by atoms with E-state index in [0.717, 1.165) is 12.8 Å². The number of nitrogens with two attached hydrogens (primary N) is 1. The fourth-order valence-corrected chi connectivity index (χ4v) is 1.36. The predicted molar refractivity (Wildman–Crippen MR) is 61.3 cm³/mol. The molecule has 0 amide bonds. The van der Waals surface area contributed by atoms with Crippen molar-refractivity contribution in [2.24, 2.45) is 0 Å². The average molecular weight is 234 g/mol. The van der Waals surface area contributed by atoms with Gasteiger partial charge in [0.25, 0.3) is 0 Å². The molecule has 1 aromatic rings. The first-order valence-electron chi connectivity index (χ1n) is 4.52. The summed E-state index contributed by atoms with van der Waals surface area (Å²) in [5.74, 6) is 0.597. The first kappa shape index (κ1) is 11.5. The highest BCUT2D eigenvalue weighted by atomic mass is 35.5. The maximum absolute atomic E-state index is 5.92. The van der Waals surface area contributed by atoms with Crippen molar-refractivity contribution in [3.63, 3.8) is 0 Å². The molecule has 0 spiro atoms. The molecule has 4 heteroatoms. The number of unbranched alkanes of at least 4 members (excludes halogenated alkanes) is 1. The maximum Gasteiger partial charge on any atom is 0.139 e. The number of ether oxygens (including phenoxy) is 1. The third kappa shape index (κ3) is 2.96. The van der Waals surface area contributed by atoms with Crippen LogP contribution in [0.2, 0.25) is 10.0 Å². The smallest absolute Gasteiger partial charge is 0.139 e. The first-order chi connectivity index (χ1) is 6.65. The summed E-state index contributed by atoms with van der Waals surface area (Å²) in [5.41, 5.74) is 6.04. The minimum absolute atomic E-state index is 0.472. The fraction of sp³-hybridized carbons (Fsp3) is 0.400. The Kier molecular flexibility index (Phi) is 4.36. The lowest BCUT2D eigenvalue weighted by atomic mass is 10.3.